The van der Waals surface area contributed by atoms with E-state index in [0.717, 1.165) is 28.6 Å². The second-order valence-corrected chi connectivity index (χ2v) is 9.89. The number of carbonyl (C=O) groups excluding carboxylic acids is 1. The van der Waals surface area contributed by atoms with E-state index in [0.29, 0.717) is 17.1 Å². The number of amides is 1. The standard InChI is InChI=1S/C22H29ClN2O3S/c1-7-19(22(26)24-21-16(5)9-8-10-18(21)14(2)3)25(29(6,27)28)20-13-17(23)12-11-15(20)4/h8-14,19H,7H2,1-6H3,(H,24,26). The van der Waals surface area contributed by atoms with Crippen LogP contribution in [0.15, 0.2) is 36.4 Å². The van der Waals surface area contributed by atoms with Gasteiger partial charge in [-0.25, -0.2) is 8.42 Å². The Morgan fingerprint density at radius 1 is 1.14 bits per heavy atom. The van der Waals surface area contributed by atoms with E-state index in [9.17, 15) is 13.2 Å². The molecule has 5 nitrogen and oxygen atoms in total. The molecule has 0 saturated carbocycles. The summed E-state index contributed by atoms with van der Waals surface area (Å²) in [7, 11) is -3.73. The van der Waals surface area contributed by atoms with Gasteiger partial charge >= 0.3 is 0 Å². The van der Waals surface area contributed by atoms with Crippen molar-refractivity contribution in [2.45, 2.75) is 53.0 Å². The fourth-order valence-corrected chi connectivity index (χ4v) is 4.83. The van der Waals surface area contributed by atoms with Crippen LogP contribution in [0.5, 0.6) is 0 Å². The van der Waals surface area contributed by atoms with Crippen LogP contribution in [0, 0.1) is 13.8 Å². The maximum Gasteiger partial charge on any atom is 0.248 e. The third-order valence-electron chi connectivity index (χ3n) is 4.91. The second kappa shape index (κ2) is 9.18. The van der Waals surface area contributed by atoms with E-state index >= 15 is 0 Å². The minimum absolute atomic E-state index is 0.214. The molecule has 2 aromatic rings. The molecule has 29 heavy (non-hydrogen) atoms. The zero-order chi connectivity index (χ0) is 21.9. The van der Waals surface area contributed by atoms with Gasteiger partial charge in [0.1, 0.15) is 6.04 Å². The maximum atomic E-state index is 13.3. The van der Waals surface area contributed by atoms with Crippen molar-refractivity contribution in [3.63, 3.8) is 0 Å². The highest BCUT2D eigenvalue weighted by Gasteiger charge is 2.33. The minimum Gasteiger partial charge on any atom is -0.324 e. The molecule has 0 fully saturated rings. The molecule has 0 radical (unpaired) electrons. The Balaban J connectivity index is 2.52. The van der Waals surface area contributed by atoms with Crippen molar-refractivity contribution in [2.75, 3.05) is 15.9 Å². The molecule has 1 unspecified atom stereocenters. The summed E-state index contributed by atoms with van der Waals surface area (Å²) >= 11 is 6.12. The Labute approximate surface area is 179 Å². The van der Waals surface area contributed by atoms with Crippen molar-refractivity contribution in [1.82, 2.24) is 0 Å². The van der Waals surface area contributed by atoms with Crippen LogP contribution in [0.2, 0.25) is 5.02 Å². The molecule has 1 N–H and O–H groups in total. The summed E-state index contributed by atoms with van der Waals surface area (Å²) in [4.78, 5) is 13.3. The van der Waals surface area contributed by atoms with E-state index < -0.39 is 16.1 Å². The molecule has 0 aliphatic heterocycles. The Kier molecular flexibility index (Phi) is 7.35. The van der Waals surface area contributed by atoms with Crippen molar-refractivity contribution < 1.29 is 13.2 Å². The van der Waals surface area contributed by atoms with Crippen molar-refractivity contribution >= 4 is 38.9 Å². The molecular weight excluding hydrogens is 408 g/mol. The number of para-hydroxylation sites is 1. The molecule has 0 bridgehead atoms. The molecule has 0 saturated heterocycles. The van der Waals surface area contributed by atoms with Crippen molar-refractivity contribution in [3.8, 4) is 0 Å². The van der Waals surface area contributed by atoms with Crippen LogP contribution in [-0.4, -0.2) is 26.6 Å². The smallest absolute Gasteiger partial charge is 0.248 e. The van der Waals surface area contributed by atoms with E-state index in [1.807, 2.05) is 25.1 Å². The van der Waals surface area contributed by atoms with Crippen molar-refractivity contribution in [3.05, 3.63) is 58.1 Å². The fourth-order valence-electron chi connectivity index (χ4n) is 3.40. The molecule has 0 heterocycles. The molecule has 0 aromatic heterocycles. The molecular formula is C22H29ClN2O3S. The molecule has 158 valence electrons. The topological polar surface area (TPSA) is 66.5 Å². The molecule has 0 spiro atoms. The summed E-state index contributed by atoms with van der Waals surface area (Å²) in [6.45, 7) is 9.63. The summed E-state index contributed by atoms with van der Waals surface area (Å²) in [5, 5.41) is 3.40. The van der Waals surface area contributed by atoms with E-state index in [4.69, 9.17) is 11.6 Å². The predicted molar refractivity (Wildman–Crippen MR) is 121 cm³/mol. The molecule has 1 amide bonds. The summed E-state index contributed by atoms with van der Waals surface area (Å²) in [6, 6.07) is 9.99. The first-order chi connectivity index (χ1) is 13.5. The SMILES string of the molecule is CCC(C(=O)Nc1c(C)cccc1C(C)C)N(c1cc(Cl)ccc1C)S(C)(=O)=O. The van der Waals surface area contributed by atoms with Gasteiger partial charge in [-0.05, 0) is 55.0 Å². The number of nitrogens with one attached hydrogen (secondary N) is 1. The maximum absolute atomic E-state index is 13.3. The largest absolute Gasteiger partial charge is 0.324 e. The van der Waals surface area contributed by atoms with E-state index in [1.54, 1.807) is 32.0 Å². The van der Waals surface area contributed by atoms with Gasteiger partial charge in [0.2, 0.25) is 15.9 Å². The van der Waals surface area contributed by atoms with Crippen LogP contribution in [0.25, 0.3) is 0 Å². The van der Waals surface area contributed by atoms with Crippen LogP contribution in [0.3, 0.4) is 0 Å². The number of benzene rings is 2. The quantitative estimate of drug-likeness (QED) is 0.643. The average Bonchev–Trinajstić information content (AvgIpc) is 2.62. The van der Waals surface area contributed by atoms with Crippen LogP contribution in [-0.2, 0) is 14.8 Å². The van der Waals surface area contributed by atoms with Gasteiger partial charge in [-0.2, -0.15) is 0 Å². The van der Waals surface area contributed by atoms with Gasteiger partial charge < -0.3 is 5.32 Å². The number of hydrogen-bond donors (Lipinski definition) is 1. The van der Waals surface area contributed by atoms with E-state index in [-0.39, 0.29) is 11.8 Å². The predicted octanol–water partition coefficient (Wildman–Crippen LogP) is 5.26. The zero-order valence-electron chi connectivity index (χ0n) is 17.8. The van der Waals surface area contributed by atoms with Gasteiger partial charge in [-0.15, -0.1) is 0 Å². The third kappa shape index (κ3) is 5.31. The minimum atomic E-state index is -3.73. The van der Waals surface area contributed by atoms with Gasteiger partial charge in [-0.1, -0.05) is 56.6 Å². The Morgan fingerprint density at radius 2 is 1.79 bits per heavy atom. The van der Waals surface area contributed by atoms with Gasteiger partial charge in [0.05, 0.1) is 11.9 Å². The van der Waals surface area contributed by atoms with Crippen LogP contribution < -0.4 is 9.62 Å². The summed E-state index contributed by atoms with van der Waals surface area (Å²) in [6.07, 6.45) is 1.42. The molecule has 0 aliphatic rings. The van der Waals surface area contributed by atoms with Gasteiger partial charge in [0.15, 0.2) is 0 Å². The molecule has 2 aromatic carbocycles. The number of rotatable bonds is 7. The van der Waals surface area contributed by atoms with Crippen LogP contribution in [0.4, 0.5) is 11.4 Å². The Bertz CT molecular complexity index is 1000. The first kappa shape index (κ1) is 23.2. The lowest BCUT2D eigenvalue weighted by molar-refractivity contribution is -0.117. The molecule has 2 rings (SSSR count). The number of carbonyl (C=O) groups is 1. The number of halogens is 1. The lowest BCUT2D eigenvalue weighted by atomic mass is 9.98. The zero-order valence-corrected chi connectivity index (χ0v) is 19.4. The first-order valence-electron chi connectivity index (χ1n) is 9.63. The summed E-state index contributed by atoms with van der Waals surface area (Å²) in [5.41, 5.74) is 3.82. The number of hydrogen-bond acceptors (Lipinski definition) is 3. The fraction of sp³-hybridized carbons (Fsp3) is 0.409. The van der Waals surface area contributed by atoms with Gasteiger partial charge in [-0.3, -0.25) is 9.10 Å². The lowest BCUT2D eigenvalue weighted by Gasteiger charge is -2.32. The lowest BCUT2D eigenvalue weighted by Crippen LogP contribution is -2.47. The summed E-state index contributed by atoms with van der Waals surface area (Å²) < 4.78 is 26.6. The van der Waals surface area contributed by atoms with E-state index in [2.05, 4.69) is 19.2 Å². The highest BCUT2D eigenvalue weighted by atomic mass is 35.5. The normalized spacial score (nSPS) is 12.7. The highest BCUT2D eigenvalue weighted by molar-refractivity contribution is 7.92. The molecule has 1 atom stereocenters. The van der Waals surface area contributed by atoms with Crippen LogP contribution in [0.1, 0.15) is 49.8 Å². The monoisotopic (exact) mass is 436 g/mol. The molecule has 0 aliphatic carbocycles. The number of aryl methyl sites for hydroxylation is 2. The van der Waals surface area contributed by atoms with Crippen LogP contribution >= 0.6 is 11.6 Å². The second-order valence-electron chi connectivity index (χ2n) is 7.60. The Hall–Kier alpha value is -2.05. The van der Waals surface area contributed by atoms with Crippen molar-refractivity contribution in [1.29, 1.82) is 0 Å². The van der Waals surface area contributed by atoms with E-state index in [1.165, 1.54) is 4.31 Å². The average molecular weight is 437 g/mol. The molecule has 7 heteroatoms. The van der Waals surface area contributed by atoms with Gasteiger partial charge in [0.25, 0.3) is 0 Å². The highest BCUT2D eigenvalue weighted by Crippen LogP contribution is 2.31. The number of anilines is 2. The number of sulfonamides is 1. The Morgan fingerprint density at radius 3 is 2.34 bits per heavy atom. The number of nitrogens with zero attached hydrogens (tertiary/aromatic N) is 1. The first-order valence-corrected chi connectivity index (χ1v) is 11.9. The third-order valence-corrected chi connectivity index (χ3v) is 6.31. The summed E-state index contributed by atoms with van der Waals surface area (Å²) in [5.74, 6) is -0.153. The van der Waals surface area contributed by atoms with Crippen molar-refractivity contribution in [2.24, 2.45) is 0 Å². The van der Waals surface area contributed by atoms with Gasteiger partial charge in [0, 0.05) is 10.7 Å².